The fourth-order valence-corrected chi connectivity index (χ4v) is 1.83. The van der Waals surface area contributed by atoms with Gasteiger partial charge in [0.1, 0.15) is 0 Å². The van der Waals surface area contributed by atoms with E-state index in [0.717, 1.165) is 6.42 Å². The van der Waals surface area contributed by atoms with E-state index in [0.29, 0.717) is 12.0 Å². The van der Waals surface area contributed by atoms with Crippen LogP contribution in [0.4, 0.5) is 0 Å². The molecule has 0 saturated heterocycles. The van der Waals surface area contributed by atoms with Gasteiger partial charge >= 0.3 is 0 Å². The standard InChI is InChI=1S/C12H24N2O/c1-5-8(2)11(13)12(15)14(4)9(3)10-6-7-10/h8-11H,5-7,13H2,1-4H3. The second kappa shape index (κ2) is 4.97. The second-order valence-corrected chi connectivity index (χ2v) is 4.94. The lowest BCUT2D eigenvalue weighted by atomic mass is 9.98. The molecule has 15 heavy (non-hydrogen) atoms. The molecular formula is C12H24N2O. The van der Waals surface area contributed by atoms with Crippen molar-refractivity contribution in [2.75, 3.05) is 7.05 Å². The molecule has 3 unspecified atom stereocenters. The maximum Gasteiger partial charge on any atom is 0.239 e. The fraction of sp³-hybridized carbons (Fsp3) is 0.917. The van der Waals surface area contributed by atoms with Crippen LogP contribution >= 0.6 is 0 Å². The fourth-order valence-electron chi connectivity index (χ4n) is 1.83. The van der Waals surface area contributed by atoms with E-state index < -0.39 is 0 Å². The second-order valence-electron chi connectivity index (χ2n) is 4.94. The number of amides is 1. The first-order valence-corrected chi connectivity index (χ1v) is 6.01. The quantitative estimate of drug-likeness (QED) is 0.752. The van der Waals surface area contributed by atoms with Gasteiger partial charge in [0.05, 0.1) is 6.04 Å². The van der Waals surface area contributed by atoms with Gasteiger partial charge in [-0.15, -0.1) is 0 Å². The first kappa shape index (κ1) is 12.5. The number of nitrogens with two attached hydrogens (primary N) is 1. The Labute approximate surface area is 93.0 Å². The molecule has 1 rings (SSSR count). The largest absolute Gasteiger partial charge is 0.341 e. The number of hydrogen-bond donors (Lipinski definition) is 1. The van der Waals surface area contributed by atoms with Crippen LogP contribution in [0.25, 0.3) is 0 Å². The lowest BCUT2D eigenvalue weighted by Crippen LogP contribution is -2.49. The average Bonchev–Trinajstić information content (AvgIpc) is 3.07. The van der Waals surface area contributed by atoms with Gasteiger partial charge in [-0.2, -0.15) is 0 Å². The highest BCUT2D eigenvalue weighted by molar-refractivity contribution is 5.82. The van der Waals surface area contributed by atoms with Crippen LogP contribution in [0.3, 0.4) is 0 Å². The molecular weight excluding hydrogens is 188 g/mol. The van der Waals surface area contributed by atoms with E-state index >= 15 is 0 Å². The molecule has 3 heteroatoms. The van der Waals surface area contributed by atoms with Crippen molar-refractivity contribution < 1.29 is 4.79 Å². The summed E-state index contributed by atoms with van der Waals surface area (Å²) in [6.45, 7) is 6.24. The number of carbonyl (C=O) groups excluding carboxylic acids is 1. The van der Waals surface area contributed by atoms with Crippen molar-refractivity contribution >= 4 is 5.91 Å². The first-order chi connectivity index (χ1) is 6.99. The minimum absolute atomic E-state index is 0.101. The summed E-state index contributed by atoms with van der Waals surface area (Å²) in [6, 6.07) is 0.0220. The lowest BCUT2D eigenvalue weighted by molar-refractivity contribution is -0.134. The molecule has 0 aliphatic heterocycles. The summed E-state index contributed by atoms with van der Waals surface area (Å²) >= 11 is 0. The molecule has 0 aromatic carbocycles. The number of likely N-dealkylation sites (N-methyl/N-ethyl adjacent to an activating group) is 1. The van der Waals surface area contributed by atoms with Crippen LogP contribution in [-0.2, 0) is 4.79 Å². The van der Waals surface area contributed by atoms with Gasteiger partial charge in [0, 0.05) is 13.1 Å². The van der Waals surface area contributed by atoms with E-state index in [1.807, 2.05) is 18.9 Å². The molecule has 1 aliphatic carbocycles. The molecule has 3 nitrogen and oxygen atoms in total. The van der Waals surface area contributed by atoms with Crippen LogP contribution in [0.5, 0.6) is 0 Å². The summed E-state index contributed by atoms with van der Waals surface area (Å²) in [6.07, 6.45) is 3.48. The zero-order valence-electron chi connectivity index (χ0n) is 10.4. The SMILES string of the molecule is CCC(C)C(N)C(=O)N(C)C(C)C1CC1. The third kappa shape index (κ3) is 2.94. The molecule has 0 bridgehead atoms. The molecule has 88 valence electrons. The third-order valence-corrected chi connectivity index (χ3v) is 3.80. The molecule has 3 atom stereocenters. The Morgan fingerprint density at radius 2 is 2.00 bits per heavy atom. The van der Waals surface area contributed by atoms with Crippen LogP contribution in [0.15, 0.2) is 0 Å². The smallest absolute Gasteiger partial charge is 0.239 e. The Kier molecular flexibility index (Phi) is 4.14. The molecule has 1 aliphatic rings. The van der Waals surface area contributed by atoms with Crippen LogP contribution in [0, 0.1) is 11.8 Å². The molecule has 0 aromatic rings. The average molecular weight is 212 g/mol. The number of rotatable bonds is 5. The van der Waals surface area contributed by atoms with Crippen LogP contribution in [0.1, 0.15) is 40.0 Å². The third-order valence-electron chi connectivity index (χ3n) is 3.80. The predicted octanol–water partition coefficient (Wildman–Crippen LogP) is 1.62. The normalized spacial score (nSPS) is 21.9. The summed E-state index contributed by atoms with van der Waals surface area (Å²) in [5.41, 5.74) is 5.94. The molecule has 0 aromatic heterocycles. The molecule has 0 spiro atoms. The topological polar surface area (TPSA) is 46.3 Å². The van der Waals surface area contributed by atoms with Crippen molar-refractivity contribution in [1.82, 2.24) is 4.90 Å². The van der Waals surface area contributed by atoms with Crippen molar-refractivity contribution in [3.05, 3.63) is 0 Å². The van der Waals surface area contributed by atoms with Crippen molar-refractivity contribution in [2.45, 2.75) is 52.1 Å². The Hall–Kier alpha value is -0.570. The van der Waals surface area contributed by atoms with E-state index in [1.54, 1.807) is 0 Å². The van der Waals surface area contributed by atoms with Crippen molar-refractivity contribution in [3.63, 3.8) is 0 Å². The van der Waals surface area contributed by atoms with E-state index in [2.05, 4.69) is 13.8 Å². The van der Waals surface area contributed by atoms with E-state index in [1.165, 1.54) is 12.8 Å². The molecule has 1 saturated carbocycles. The molecule has 1 amide bonds. The Morgan fingerprint density at radius 1 is 1.47 bits per heavy atom. The highest BCUT2D eigenvalue weighted by atomic mass is 16.2. The Morgan fingerprint density at radius 3 is 2.40 bits per heavy atom. The Bertz CT molecular complexity index is 226. The van der Waals surface area contributed by atoms with Gasteiger partial charge in [0.15, 0.2) is 0 Å². The lowest BCUT2D eigenvalue weighted by Gasteiger charge is -2.29. The highest BCUT2D eigenvalue weighted by Crippen LogP contribution is 2.34. The maximum absolute atomic E-state index is 12.0. The van der Waals surface area contributed by atoms with Gasteiger partial charge < -0.3 is 10.6 Å². The summed E-state index contributed by atoms with van der Waals surface area (Å²) in [4.78, 5) is 13.9. The van der Waals surface area contributed by atoms with Gasteiger partial charge in [-0.1, -0.05) is 20.3 Å². The van der Waals surface area contributed by atoms with Crippen LogP contribution < -0.4 is 5.73 Å². The first-order valence-electron chi connectivity index (χ1n) is 6.01. The number of carbonyl (C=O) groups is 1. The van der Waals surface area contributed by atoms with Crippen LogP contribution in [0.2, 0.25) is 0 Å². The molecule has 2 N–H and O–H groups in total. The minimum atomic E-state index is -0.332. The maximum atomic E-state index is 12.0. The summed E-state index contributed by atoms with van der Waals surface area (Å²) in [5, 5.41) is 0. The van der Waals surface area contributed by atoms with E-state index in [-0.39, 0.29) is 17.9 Å². The van der Waals surface area contributed by atoms with Crippen molar-refractivity contribution in [3.8, 4) is 0 Å². The summed E-state index contributed by atoms with van der Waals surface area (Å²) in [5.74, 6) is 1.08. The van der Waals surface area contributed by atoms with Gasteiger partial charge in [-0.25, -0.2) is 0 Å². The number of hydrogen-bond acceptors (Lipinski definition) is 2. The molecule has 1 fully saturated rings. The highest BCUT2D eigenvalue weighted by Gasteiger charge is 2.34. The Balaban J connectivity index is 2.50. The predicted molar refractivity (Wildman–Crippen MR) is 62.4 cm³/mol. The zero-order chi connectivity index (χ0) is 11.6. The monoisotopic (exact) mass is 212 g/mol. The minimum Gasteiger partial charge on any atom is -0.341 e. The summed E-state index contributed by atoms with van der Waals surface area (Å²) < 4.78 is 0. The van der Waals surface area contributed by atoms with Crippen molar-refractivity contribution in [2.24, 2.45) is 17.6 Å². The summed E-state index contributed by atoms with van der Waals surface area (Å²) in [7, 11) is 1.88. The van der Waals surface area contributed by atoms with Gasteiger partial charge in [0.25, 0.3) is 0 Å². The van der Waals surface area contributed by atoms with Crippen LogP contribution in [-0.4, -0.2) is 29.9 Å². The van der Waals surface area contributed by atoms with E-state index in [4.69, 9.17) is 5.73 Å². The number of nitrogens with zero attached hydrogens (tertiary/aromatic N) is 1. The molecule has 0 radical (unpaired) electrons. The van der Waals surface area contributed by atoms with Gasteiger partial charge in [-0.3, -0.25) is 4.79 Å². The van der Waals surface area contributed by atoms with E-state index in [9.17, 15) is 4.79 Å². The van der Waals surface area contributed by atoms with Crippen molar-refractivity contribution in [1.29, 1.82) is 0 Å². The molecule has 0 heterocycles. The van der Waals surface area contributed by atoms with Gasteiger partial charge in [0.2, 0.25) is 5.91 Å². The zero-order valence-corrected chi connectivity index (χ0v) is 10.4. The van der Waals surface area contributed by atoms with Gasteiger partial charge in [-0.05, 0) is 31.6 Å².